The van der Waals surface area contributed by atoms with Crippen LogP contribution in [0.15, 0.2) is 47.4 Å². The highest BCUT2D eigenvalue weighted by Gasteiger charge is 2.37. The highest BCUT2D eigenvalue weighted by molar-refractivity contribution is 8.18. The Labute approximate surface area is 212 Å². The summed E-state index contributed by atoms with van der Waals surface area (Å²) in [6, 6.07) is 11.3. The van der Waals surface area contributed by atoms with Gasteiger partial charge in [0, 0.05) is 25.2 Å². The minimum absolute atomic E-state index is 0.0208. The topological polar surface area (TPSA) is 119 Å². The number of nitrogens with zero attached hydrogens (tertiary/aromatic N) is 3. The third-order valence-electron chi connectivity index (χ3n) is 5.71. The molecule has 0 radical (unpaired) electrons. The standard InChI is InChI=1S/C25H25N3O7S/c1-2-34-21-13-17(8-9-20(21)35-16-18-6-5-7-19(12-18)28(32)33)14-22-24(30)27(25(31)36-22)15-23(29)26-10-3-4-11-26/h5-9,12-14H,2-4,10-11,15-16H2,1H3/b22-14+. The van der Waals surface area contributed by atoms with E-state index in [2.05, 4.69) is 0 Å². The molecule has 0 unspecified atom stereocenters. The largest absolute Gasteiger partial charge is 0.490 e. The van der Waals surface area contributed by atoms with Crippen molar-refractivity contribution in [1.29, 1.82) is 0 Å². The maximum absolute atomic E-state index is 12.8. The molecule has 0 N–H and O–H groups in total. The highest BCUT2D eigenvalue weighted by Crippen LogP contribution is 2.35. The number of likely N-dealkylation sites (tertiary alicyclic amines) is 1. The lowest BCUT2D eigenvalue weighted by atomic mass is 10.1. The minimum atomic E-state index is -0.499. The molecule has 10 nitrogen and oxygen atoms in total. The number of imide groups is 1. The molecule has 0 spiro atoms. The molecule has 2 aliphatic heterocycles. The van der Waals surface area contributed by atoms with Crippen LogP contribution in [-0.2, 0) is 16.2 Å². The Balaban J connectivity index is 1.47. The second kappa shape index (κ2) is 11.3. The van der Waals surface area contributed by atoms with Gasteiger partial charge in [0.1, 0.15) is 13.2 Å². The zero-order valence-corrected chi connectivity index (χ0v) is 20.5. The third kappa shape index (κ3) is 5.85. The van der Waals surface area contributed by atoms with Gasteiger partial charge in [0.15, 0.2) is 11.5 Å². The predicted molar refractivity (Wildman–Crippen MR) is 134 cm³/mol. The first-order chi connectivity index (χ1) is 17.4. The van der Waals surface area contributed by atoms with Crippen molar-refractivity contribution in [3.05, 3.63) is 68.6 Å². The zero-order valence-electron chi connectivity index (χ0n) is 19.7. The first-order valence-electron chi connectivity index (χ1n) is 11.5. The van der Waals surface area contributed by atoms with E-state index in [1.165, 1.54) is 12.1 Å². The molecule has 0 aromatic heterocycles. The van der Waals surface area contributed by atoms with Gasteiger partial charge in [0.2, 0.25) is 5.91 Å². The number of hydrogen-bond donors (Lipinski definition) is 0. The Morgan fingerprint density at radius 3 is 2.61 bits per heavy atom. The van der Waals surface area contributed by atoms with E-state index in [4.69, 9.17) is 9.47 Å². The Kier molecular flexibility index (Phi) is 7.89. The fraction of sp³-hybridized carbons (Fsp3) is 0.320. The smallest absolute Gasteiger partial charge is 0.294 e. The maximum atomic E-state index is 12.8. The van der Waals surface area contributed by atoms with E-state index >= 15 is 0 Å². The van der Waals surface area contributed by atoms with Gasteiger partial charge in [-0.05, 0) is 60.9 Å². The number of nitro groups is 1. The summed E-state index contributed by atoms with van der Waals surface area (Å²) < 4.78 is 11.5. The first-order valence-corrected chi connectivity index (χ1v) is 12.3. The molecule has 2 saturated heterocycles. The number of hydrogen-bond acceptors (Lipinski definition) is 8. The average Bonchev–Trinajstić information content (AvgIpc) is 3.49. The molecular weight excluding hydrogens is 486 g/mol. The van der Waals surface area contributed by atoms with Crippen LogP contribution in [-0.4, -0.2) is 58.0 Å². The van der Waals surface area contributed by atoms with Crippen molar-refractivity contribution in [2.75, 3.05) is 26.2 Å². The van der Waals surface area contributed by atoms with Crippen molar-refractivity contribution < 1.29 is 28.8 Å². The van der Waals surface area contributed by atoms with Crippen LogP contribution >= 0.6 is 11.8 Å². The molecule has 2 fully saturated rings. The number of rotatable bonds is 9. The Hall–Kier alpha value is -3.86. The number of non-ortho nitro benzene ring substituents is 1. The number of ether oxygens (including phenoxy) is 2. The fourth-order valence-corrected chi connectivity index (χ4v) is 4.75. The number of carbonyl (C=O) groups is 3. The monoisotopic (exact) mass is 511 g/mol. The van der Waals surface area contributed by atoms with Crippen LogP contribution in [0, 0.1) is 10.1 Å². The van der Waals surface area contributed by atoms with E-state index in [1.807, 2.05) is 6.92 Å². The summed E-state index contributed by atoms with van der Waals surface area (Å²) in [6.45, 7) is 3.34. The number of benzene rings is 2. The number of thioether (sulfide) groups is 1. The average molecular weight is 512 g/mol. The Morgan fingerprint density at radius 2 is 1.89 bits per heavy atom. The molecule has 2 aliphatic rings. The quantitative estimate of drug-likeness (QED) is 0.279. The van der Waals surface area contributed by atoms with Crippen molar-refractivity contribution in [3.8, 4) is 11.5 Å². The summed E-state index contributed by atoms with van der Waals surface area (Å²) in [4.78, 5) is 51.1. The molecule has 0 bridgehead atoms. The molecular formula is C25H25N3O7S. The summed E-state index contributed by atoms with van der Waals surface area (Å²) in [7, 11) is 0. The number of amides is 3. The lowest BCUT2D eigenvalue weighted by Gasteiger charge is -2.18. The van der Waals surface area contributed by atoms with Crippen LogP contribution in [0.25, 0.3) is 6.08 Å². The van der Waals surface area contributed by atoms with Crippen molar-refractivity contribution >= 4 is 40.6 Å². The second-order valence-electron chi connectivity index (χ2n) is 8.21. The van der Waals surface area contributed by atoms with Gasteiger partial charge in [-0.1, -0.05) is 18.2 Å². The Morgan fingerprint density at radius 1 is 1.11 bits per heavy atom. The summed E-state index contributed by atoms with van der Waals surface area (Å²) in [5.74, 6) is 0.145. The van der Waals surface area contributed by atoms with Crippen LogP contribution in [0.2, 0.25) is 0 Å². The van der Waals surface area contributed by atoms with Crippen LogP contribution < -0.4 is 9.47 Å². The fourth-order valence-electron chi connectivity index (χ4n) is 3.91. The molecule has 3 amide bonds. The first kappa shape index (κ1) is 25.2. The van der Waals surface area contributed by atoms with E-state index < -0.39 is 16.1 Å². The predicted octanol–water partition coefficient (Wildman–Crippen LogP) is 4.23. The van der Waals surface area contributed by atoms with E-state index in [0.717, 1.165) is 29.5 Å². The SMILES string of the molecule is CCOc1cc(/C=C2/SC(=O)N(CC(=O)N3CCCC3)C2=O)ccc1OCc1cccc([N+](=O)[O-])c1. The van der Waals surface area contributed by atoms with Crippen LogP contribution in [0.5, 0.6) is 11.5 Å². The summed E-state index contributed by atoms with van der Waals surface area (Å²) in [5, 5.41) is 10.5. The highest BCUT2D eigenvalue weighted by atomic mass is 32.2. The van der Waals surface area contributed by atoms with E-state index in [1.54, 1.807) is 41.3 Å². The van der Waals surface area contributed by atoms with E-state index in [-0.39, 0.29) is 29.7 Å². The third-order valence-corrected chi connectivity index (χ3v) is 6.61. The number of carbonyl (C=O) groups excluding carboxylic acids is 3. The zero-order chi connectivity index (χ0) is 25.7. The lowest BCUT2D eigenvalue weighted by Crippen LogP contribution is -2.40. The molecule has 2 aromatic rings. The summed E-state index contributed by atoms with van der Waals surface area (Å²) in [6.07, 6.45) is 3.44. The molecule has 36 heavy (non-hydrogen) atoms. The van der Waals surface area contributed by atoms with E-state index in [9.17, 15) is 24.5 Å². The van der Waals surface area contributed by atoms with Crippen molar-refractivity contribution in [2.45, 2.75) is 26.4 Å². The van der Waals surface area contributed by atoms with Gasteiger partial charge in [-0.3, -0.25) is 29.4 Å². The second-order valence-corrected chi connectivity index (χ2v) is 9.20. The van der Waals surface area contributed by atoms with Gasteiger partial charge in [-0.2, -0.15) is 0 Å². The molecule has 4 rings (SSSR count). The van der Waals surface area contributed by atoms with E-state index in [0.29, 0.717) is 42.3 Å². The molecule has 2 aromatic carbocycles. The minimum Gasteiger partial charge on any atom is -0.490 e. The van der Waals surface area contributed by atoms with Crippen molar-refractivity contribution in [2.24, 2.45) is 0 Å². The van der Waals surface area contributed by atoms with Gasteiger partial charge in [-0.15, -0.1) is 0 Å². The molecule has 0 saturated carbocycles. The van der Waals surface area contributed by atoms with Crippen molar-refractivity contribution in [1.82, 2.24) is 9.80 Å². The van der Waals surface area contributed by atoms with Gasteiger partial charge in [0.05, 0.1) is 16.4 Å². The van der Waals surface area contributed by atoms with Crippen LogP contribution in [0.1, 0.15) is 30.9 Å². The normalized spacial score (nSPS) is 16.6. The summed E-state index contributed by atoms with van der Waals surface area (Å²) in [5.41, 5.74) is 1.23. The summed E-state index contributed by atoms with van der Waals surface area (Å²) >= 11 is 0.796. The number of nitro benzene ring substituents is 1. The molecule has 11 heteroatoms. The van der Waals surface area contributed by atoms with Crippen LogP contribution in [0.4, 0.5) is 10.5 Å². The molecule has 0 atom stereocenters. The maximum Gasteiger partial charge on any atom is 0.294 e. The van der Waals surface area contributed by atoms with Gasteiger partial charge in [-0.25, -0.2) is 0 Å². The molecule has 2 heterocycles. The molecule has 188 valence electrons. The lowest BCUT2D eigenvalue weighted by molar-refractivity contribution is -0.384. The van der Waals surface area contributed by atoms with Crippen molar-refractivity contribution in [3.63, 3.8) is 0 Å². The van der Waals surface area contributed by atoms with Crippen LogP contribution in [0.3, 0.4) is 0 Å². The molecule has 0 aliphatic carbocycles. The van der Waals surface area contributed by atoms with Gasteiger partial charge >= 0.3 is 0 Å². The van der Waals surface area contributed by atoms with Gasteiger partial charge in [0.25, 0.3) is 16.8 Å². The Bertz CT molecular complexity index is 1220. The van der Waals surface area contributed by atoms with Gasteiger partial charge < -0.3 is 14.4 Å².